The van der Waals surface area contributed by atoms with Gasteiger partial charge in [-0.1, -0.05) is 19.4 Å². The van der Waals surface area contributed by atoms with E-state index >= 15 is 0 Å². The largest absolute Gasteiger partial charge is 0.479 e. The molecule has 1 N–H and O–H groups in total. The molecule has 2 aromatic rings. The van der Waals surface area contributed by atoms with Crippen molar-refractivity contribution in [2.75, 3.05) is 13.7 Å². The number of hydrogen-bond donors (Lipinski definition) is 1. The highest BCUT2D eigenvalue weighted by atomic mass is 16.5. The molecule has 1 heterocycles. The monoisotopic (exact) mass is 443 g/mol. The Morgan fingerprint density at radius 1 is 1.28 bits per heavy atom. The van der Waals surface area contributed by atoms with Crippen molar-refractivity contribution in [1.82, 2.24) is 4.98 Å². The minimum atomic E-state index is -1.17. The Morgan fingerprint density at radius 2 is 2.03 bits per heavy atom. The van der Waals surface area contributed by atoms with Gasteiger partial charge >= 0.3 is 5.97 Å². The Balaban J connectivity index is 1.79. The molecular formula is C26H37NO5. The molecule has 32 heavy (non-hydrogen) atoms. The van der Waals surface area contributed by atoms with E-state index in [0.29, 0.717) is 24.3 Å². The number of benzene rings is 1. The lowest BCUT2D eigenvalue weighted by Gasteiger charge is -2.34. The summed E-state index contributed by atoms with van der Waals surface area (Å²) in [6.07, 6.45) is 4.67. The minimum absolute atomic E-state index is 0.149. The number of hydrogen-bond acceptors (Lipinski definition) is 5. The fourth-order valence-corrected chi connectivity index (χ4v) is 4.51. The number of carboxylic acid groups (broad SMARTS) is 1. The maximum atomic E-state index is 11.4. The summed E-state index contributed by atoms with van der Waals surface area (Å²) in [4.78, 5) is 16.3. The van der Waals surface area contributed by atoms with Gasteiger partial charge in [-0.2, -0.15) is 0 Å². The van der Waals surface area contributed by atoms with Gasteiger partial charge in [-0.3, -0.25) is 0 Å². The number of aryl methyl sites for hydroxylation is 3. The lowest BCUT2D eigenvalue weighted by atomic mass is 9.78. The predicted octanol–water partition coefficient (Wildman–Crippen LogP) is 5.89. The lowest BCUT2D eigenvalue weighted by Crippen LogP contribution is -2.37. The molecule has 0 saturated heterocycles. The summed E-state index contributed by atoms with van der Waals surface area (Å²) in [5, 5.41) is 9.32. The molecule has 1 saturated carbocycles. The number of aliphatic carboxylic acids is 1. The Bertz CT molecular complexity index is 932. The van der Waals surface area contributed by atoms with Crippen LogP contribution in [0.4, 0.5) is 0 Å². The lowest BCUT2D eigenvalue weighted by molar-refractivity contribution is -0.163. The highest BCUT2D eigenvalue weighted by Crippen LogP contribution is 2.41. The fraction of sp³-hybridized carbons (Fsp3) is 0.615. The second-order valence-corrected chi connectivity index (χ2v) is 9.56. The molecule has 3 rings (SSSR count). The van der Waals surface area contributed by atoms with Crippen molar-refractivity contribution in [3.8, 4) is 11.5 Å². The number of methoxy groups -OCH3 is 1. The van der Waals surface area contributed by atoms with Crippen LogP contribution < -0.4 is 0 Å². The first-order valence-electron chi connectivity index (χ1n) is 11.6. The highest BCUT2D eigenvalue weighted by molar-refractivity contribution is 5.76. The van der Waals surface area contributed by atoms with E-state index in [-0.39, 0.29) is 6.10 Å². The van der Waals surface area contributed by atoms with E-state index in [1.165, 1.54) is 11.1 Å². The van der Waals surface area contributed by atoms with E-state index in [1.54, 1.807) is 21.0 Å². The van der Waals surface area contributed by atoms with Crippen molar-refractivity contribution < 1.29 is 23.8 Å². The molecule has 1 unspecified atom stereocenters. The van der Waals surface area contributed by atoms with E-state index in [9.17, 15) is 9.90 Å². The highest BCUT2D eigenvalue weighted by Gasteiger charge is 2.35. The Morgan fingerprint density at radius 3 is 2.66 bits per heavy atom. The van der Waals surface area contributed by atoms with E-state index in [1.807, 2.05) is 0 Å². The van der Waals surface area contributed by atoms with Gasteiger partial charge in [0.15, 0.2) is 5.60 Å². The van der Waals surface area contributed by atoms with E-state index in [0.717, 1.165) is 49.1 Å². The molecule has 1 aromatic heterocycles. The van der Waals surface area contributed by atoms with Crippen molar-refractivity contribution in [3.63, 3.8) is 0 Å². The molecular weight excluding hydrogens is 406 g/mol. The first-order valence-corrected chi connectivity index (χ1v) is 11.6. The second kappa shape index (κ2) is 10.2. The van der Waals surface area contributed by atoms with Crippen LogP contribution in [0, 0.1) is 25.7 Å². The van der Waals surface area contributed by atoms with Gasteiger partial charge in [-0.15, -0.1) is 0 Å². The number of oxazole rings is 1. The first-order chi connectivity index (χ1) is 15.2. The second-order valence-electron chi connectivity index (χ2n) is 9.56. The van der Waals surface area contributed by atoms with Crippen LogP contribution in [0.15, 0.2) is 22.6 Å². The minimum Gasteiger partial charge on any atom is -0.479 e. The molecule has 1 aliphatic carbocycles. The van der Waals surface area contributed by atoms with Crippen LogP contribution in [0.25, 0.3) is 11.5 Å². The van der Waals surface area contributed by atoms with E-state index in [4.69, 9.17) is 18.9 Å². The van der Waals surface area contributed by atoms with Gasteiger partial charge in [0.1, 0.15) is 17.6 Å². The molecule has 6 nitrogen and oxygen atoms in total. The van der Waals surface area contributed by atoms with Crippen LogP contribution in [0.5, 0.6) is 0 Å². The van der Waals surface area contributed by atoms with Crippen molar-refractivity contribution >= 4 is 5.97 Å². The van der Waals surface area contributed by atoms with Crippen molar-refractivity contribution in [2.45, 2.75) is 78.4 Å². The fourth-order valence-electron chi connectivity index (χ4n) is 4.51. The van der Waals surface area contributed by atoms with Gasteiger partial charge in [-0.25, -0.2) is 9.78 Å². The summed E-state index contributed by atoms with van der Waals surface area (Å²) in [5.74, 6) is 1.17. The van der Waals surface area contributed by atoms with E-state index in [2.05, 4.69) is 39.0 Å². The van der Waals surface area contributed by atoms with Gasteiger partial charge in [0, 0.05) is 19.1 Å². The number of nitrogens with zero attached hydrogens (tertiary/aromatic N) is 1. The molecule has 1 aromatic carbocycles. The topological polar surface area (TPSA) is 81.8 Å². The van der Waals surface area contributed by atoms with Crippen molar-refractivity contribution in [1.29, 1.82) is 0 Å². The van der Waals surface area contributed by atoms with Gasteiger partial charge in [0.05, 0.1) is 6.61 Å². The summed E-state index contributed by atoms with van der Waals surface area (Å²) in [6, 6.07) is 6.26. The Labute approximate surface area is 191 Å². The van der Waals surface area contributed by atoms with Gasteiger partial charge < -0.3 is 19.0 Å². The van der Waals surface area contributed by atoms with Crippen molar-refractivity contribution in [2.24, 2.45) is 11.8 Å². The molecule has 0 radical (unpaired) electrons. The first kappa shape index (κ1) is 24.5. The molecule has 6 heteroatoms. The smallest absolute Gasteiger partial charge is 0.335 e. The standard InChI is InChI=1S/C26H37NO5/c1-7-21-22(27-24(32-21)20-12-11-16(2)17(3)13-20)23(30-6)19-10-8-9-18(14-19)15-31-26(4,5)25(28)29/h11-13,18-19,23H,7-10,14-15H2,1-6H3,(H,28,29)/t18-,19+,23?/m0/s1. The molecule has 1 fully saturated rings. The number of carbonyl (C=O) groups is 1. The zero-order valence-corrected chi connectivity index (χ0v) is 20.2. The number of carboxylic acids is 1. The van der Waals surface area contributed by atoms with Crippen molar-refractivity contribution in [3.05, 3.63) is 40.8 Å². The average Bonchev–Trinajstić information content (AvgIpc) is 3.19. The van der Waals surface area contributed by atoms with Crippen LogP contribution >= 0.6 is 0 Å². The van der Waals surface area contributed by atoms with Crippen LogP contribution in [-0.2, 0) is 20.7 Å². The molecule has 176 valence electrons. The maximum Gasteiger partial charge on any atom is 0.335 e. The molecule has 0 bridgehead atoms. The molecule has 0 amide bonds. The van der Waals surface area contributed by atoms with Crippen LogP contribution in [0.2, 0.25) is 0 Å². The Hall–Kier alpha value is -2.18. The third kappa shape index (κ3) is 5.41. The van der Waals surface area contributed by atoms with Crippen LogP contribution in [0.3, 0.4) is 0 Å². The van der Waals surface area contributed by atoms with E-state index < -0.39 is 11.6 Å². The summed E-state index contributed by atoms with van der Waals surface area (Å²) >= 11 is 0. The molecule has 3 atom stereocenters. The van der Waals surface area contributed by atoms with Gasteiger partial charge in [0.25, 0.3) is 0 Å². The third-order valence-corrected chi connectivity index (χ3v) is 6.77. The normalized spacial score (nSPS) is 20.3. The molecule has 1 aliphatic rings. The SMILES string of the molecule is CCc1oc(-c2ccc(C)c(C)c2)nc1C(OC)[C@@H]1CCC[C@H](COC(C)(C)C(=O)O)C1. The number of aromatic nitrogens is 1. The summed E-state index contributed by atoms with van der Waals surface area (Å²) in [6.45, 7) is 9.91. The molecule has 0 aliphatic heterocycles. The van der Waals surface area contributed by atoms with Gasteiger partial charge in [0.2, 0.25) is 5.89 Å². The number of rotatable bonds is 9. The average molecular weight is 444 g/mol. The van der Waals surface area contributed by atoms with Gasteiger partial charge in [-0.05, 0) is 82.1 Å². The maximum absolute atomic E-state index is 11.4. The Kier molecular flexibility index (Phi) is 7.78. The summed E-state index contributed by atoms with van der Waals surface area (Å²) in [5.41, 5.74) is 3.15. The molecule has 0 spiro atoms. The zero-order chi connectivity index (χ0) is 23.5. The van der Waals surface area contributed by atoms with Crippen LogP contribution in [-0.4, -0.2) is 35.4 Å². The quantitative estimate of drug-likeness (QED) is 0.520. The zero-order valence-electron chi connectivity index (χ0n) is 20.2. The third-order valence-electron chi connectivity index (χ3n) is 6.77. The predicted molar refractivity (Wildman–Crippen MR) is 124 cm³/mol. The summed E-state index contributed by atoms with van der Waals surface area (Å²) < 4.78 is 17.9. The van der Waals surface area contributed by atoms with Crippen LogP contribution in [0.1, 0.15) is 75.1 Å². The number of ether oxygens (including phenoxy) is 2. The summed E-state index contributed by atoms with van der Waals surface area (Å²) in [7, 11) is 1.74.